The average molecular weight is 425 g/mol. The molecule has 4 rings (SSSR count). The topological polar surface area (TPSA) is 79.1 Å². The average Bonchev–Trinajstić information content (AvgIpc) is 3.47. The van der Waals surface area contributed by atoms with E-state index in [1.54, 1.807) is 34.5 Å². The molecule has 164 valence electrons. The Morgan fingerprint density at radius 3 is 2.58 bits per heavy atom. The van der Waals surface area contributed by atoms with Gasteiger partial charge in [-0.3, -0.25) is 4.90 Å². The molecule has 0 N–H and O–H groups in total. The molecule has 0 saturated carbocycles. The molecule has 0 spiro atoms. The molecule has 3 aromatic rings. The summed E-state index contributed by atoms with van der Waals surface area (Å²) in [5.41, 5.74) is 1.92. The van der Waals surface area contributed by atoms with Gasteiger partial charge in [0, 0.05) is 6.04 Å². The van der Waals surface area contributed by atoms with E-state index in [1.807, 2.05) is 18.2 Å². The zero-order valence-electron chi connectivity index (χ0n) is 18.3. The van der Waals surface area contributed by atoms with Gasteiger partial charge in [0.05, 0.1) is 40.5 Å². The van der Waals surface area contributed by atoms with E-state index in [9.17, 15) is 0 Å². The first-order valence-electron chi connectivity index (χ1n) is 10.2. The molecule has 2 aromatic carbocycles. The molecule has 1 aliphatic rings. The number of hydrogen-bond donors (Lipinski definition) is 0. The van der Waals surface area contributed by atoms with Crippen LogP contribution < -0.4 is 18.9 Å². The Bertz CT molecular complexity index is 1040. The van der Waals surface area contributed by atoms with Gasteiger partial charge < -0.3 is 23.5 Å². The molecule has 1 saturated heterocycles. The number of ether oxygens (including phenoxy) is 4. The molecule has 0 unspecified atom stereocenters. The Balaban J connectivity index is 1.57. The third-order valence-electron chi connectivity index (χ3n) is 5.59. The van der Waals surface area contributed by atoms with E-state index in [4.69, 9.17) is 23.5 Å². The summed E-state index contributed by atoms with van der Waals surface area (Å²) in [4.78, 5) is 6.98. The third kappa shape index (κ3) is 4.16. The number of aromatic nitrogens is 2. The predicted octanol–water partition coefficient (Wildman–Crippen LogP) is 4.11. The van der Waals surface area contributed by atoms with Crippen molar-refractivity contribution in [1.82, 2.24) is 15.0 Å². The van der Waals surface area contributed by atoms with E-state index < -0.39 is 0 Å². The van der Waals surface area contributed by atoms with Crippen molar-refractivity contribution in [2.45, 2.75) is 25.4 Å². The Labute approximate surface area is 181 Å². The van der Waals surface area contributed by atoms with Crippen molar-refractivity contribution in [2.75, 3.05) is 35.0 Å². The largest absolute Gasteiger partial charge is 0.497 e. The summed E-state index contributed by atoms with van der Waals surface area (Å²) in [6, 6.07) is 12.1. The number of likely N-dealkylation sites (tertiary alicyclic amines) is 1. The van der Waals surface area contributed by atoms with Crippen LogP contribution in [-0.4, -0.2) is 50.0 Å². The van der Waals surface area contributed by atoms with E-state index in [0.29, 0.717) is 47.1 Å². The number of benzene rings is 2. The first-order valence-corrected chi connectivity index (χ1v) is 10.2. The Kier molecular flexibility index (Phi) is 6.27. The van der Waals surface area contributed by atoms with Crippen LogP contribution in [0.3, 0.4) is 0 Å². The van der Waals surface area contributed by atoms with E-state index in [2.05, 4.69) is 27.2 Å². The van der Waals surface area contributed by atoms with Crippen molar-refractivity contribution in [3.05, 3.63) is 47.9 Å². The van der Waals surface area contributed by atoms with Gasteiger partial charge in [0.25, 0.3) is 0 Å². The zero-order valence-corrected chi connectivity index (χ0v) is 18.3. The van der Waals surface area contributed by atoms with E-state index in [-0.39, 0.29) is 0 Å². The number of hydrogen-bond acceptors (Lipinski definition) is 8. The first-order chi connectivity index (χ1) is 15.2. The molecule has 8 nitrogen and oxygen atoms in total. The van der Waals surface area contributed by atoms with Gasteiger partial charge in [-0.15, -0.1) is 0 Å². The smallest absolute Gasteiger partial charge is 0.241 e. The van der Waals surface area contributed by atoms with Gasteiger partial charge in [-0.05, 0) is 49.2 Å². The van der Waals surface area contributed by atoms with Crippen molar-refractivity contribution in [3.63, 3.8) is 0 Å². The van der Waals surface area contributed by atoms with Crippen LogP contribution in [0.25, 0.3) is 11.4 Å². The van der Waals surface area contributed by atoms with E-state index in [1.165, 1.54) is 5.56 Å². The molecule has 1 aliphatic heterocycles. The summed E-state index contributed by atoms with van der Waals surface area (Å²) < 4.78 is 27.3. The minimum Gasteiger partial charge on any atom is -0.497 e. The van der Waals surface area contributed by atoms with Gasteiger partial charge in [0.1, 0.15) is 5.75 Å². The highest BCUT2D eigenvalue weighted by atomic mass is 16.5. The van der Waals surface area contributed by atoms with Gasteiger partial charge >= 0.3 is 0 Å². The number of methoxy groups -OCH3 is 4. The maximum absolute atomic E-state index is 5.58. The maximum atomic E-state index is 5.58. The second-order valence-electron chi connectivity index (χ2n) is 7.30. The predicted molar refractivity (Wildman–Crippen MR) is 115 cm³/mol. The highest BCUT2D eigenvalue weighted by Gasteiger charge is 2.28. The zero-order chi connectivity index (χ0) is 21.8. The fourth-order valence-electron chi connectivity index (χ4n) is 4.12. The molecule has 0 bridgehead atoms. The molecule has 0 aliphatic carbocycles. The molecule has 0 radical (unpaired) electrons. The molecule has 1 fully saturated rings. The number of rotatable bonds is 8. The SMILES string of the molecule is COc1cccc([C@@H]2CCCN2Cc2nc(-c3ccc(OC)c(OC)c3OC)no2)c1. The van der Waals surface area contributed by atoms with Crippen LogP contribution in [0.4, 0.5) is 0 Å². The highest BCUT2D eigenvalue weighted by Crippen LogP contribution is 2.43. The van der Waals surface area contributed by atoms with Gasteiger partial charge in [-0.25, -0.2) is 0 Å². The lowest BCUT2D eigenvalue weighted by Crippen LogP contribution is -2.23. The van der Waals surface area contributed by atoms with Crippen molar-refractivity contribution >= 4 is 0 Å². The lowest BCUT2D eigenvalue weighted by molar-refractivity contribution is 0.212. The second-order valence-corrected chi connectivity index (χ2v) is 7.30. The molecule has 0 amide bonds. The molecular weight excluding hydrogens is 398 g/mol. The minimum absolute atomic E-state index is 0.293. The molecule has 2 heterocycles. The maximum Gasteiger partial charge on any atom is 0.241 e. The van der Waals surface area contributed by atoms with Gasteiger partial charge in [-0.1, -0.05) is 17.3 Å². The van der Waals surface area contributed by atoms with Gasteiger partial charge in [0.15, 0.2) is 11.5 Å². The van der Waals surface area contributed by atoms with Crippen LogP contribution in [0.2, 0.25) is 0 Å². The quantitative estimate of drug-likeness (QED) is 0.534. The molecular formula is C23H27N3O5. The fraction of sp³-hybridized carbons (Fsp3) is 0.391. The van der Waals surface area contributed by atoms with Crippen LogP contribution in [0.5, 0.6) is 23.0 Å². The lowest BCUT2D eigenvalue weighted by atomic mass is 10.0. The van der Waals surface area contributed by atoms with Crippen LogP contribution in [0.15, 0.2) is 40.9 Å². The first kappa shape index (κ1) is 21.0. The third-order valence-corrected chi connectivity index (χ3v) is 5.59. The van der Waals surface area contributed by atoms with Crippen molar-refractivity contribution in [2.24, 2.45) is 0 Å². The molecule has 1 aromatic heterocycles. The highest BCUT2D eigenvalue weighted by molar-refractivity contribution is 5.72. The normalized spacial score (nSPS) is 16.3. The van der Waals surface area contributed by atoms with Crippen LogP contribution in [0.1, 0.15) is 30.3 Å². The summed E-state index contributed by atoms with van der Waals surface area (Å²) in [6.45, 7) is 1.55. The standard InChI is InChI=1S/C23H27N3O5/c1-27-16-8-5-7-15(13-16)18-9-6-12-26(18)14-20-24-23(25-31-20)17-10-11-19(28-2)22(30-4)21(17)29-3/h5,7-8,10-11,13,18H,6,9,12,14H2,1-4H3/t18-/m0/s1. The van der Waals surface area contributed by atoms with Gasteiger partial charge in [-0.2, -0.15) is 4.98 Å². The van der Waals surface area contributed by atoms with E-state index >= 15 is 0 Å². The monoisotopic (exact) mass is 425 g/mol. The summed E-state index contributed by atoms with van der Waals surface area (Å²) >= 11 is 0. The van der Waals surface area contributed by atoms with Crippen LogP contribution in [0, 0.1) is 0 Å². The summed E-state index contributed by atoms with van der Waals surface area (Å²) in [7, 11) is 6.41. The molecule has 31 heavy (non-hydrogen) atoms. The second kappa shape index (κ2) is 9.26. The Hall–Kier alpha value is -3.26. The van der Waals surface area contributed by atoms with Crippen molar-refractivity contribution < 1.29 is 23.5 Å². The lowest BCUT2D eigenvalue weighted by Gasteiger charge is -2.23. The summed E-state index contributed by atoms with van der Waals surface area (Å²) in [5, 5.41) is 4.18. The Morgan fingerprint density at radius 2 is 1.84 bits per heavy atom. The fourth-order valence-corrected chi connectivity index (χ4v) is 4.12. The van der Waals surface area contributed by atoms with Crippen molar-refractivity contribution in [3.8, 4) is 34.4 Å². The van der Waals surface area contributed by atoms with Crippen molar-refractivity contribution in [1.29, 1.82) is 0 Å². The molecule has 8 heteroatoms. The minimum atomic E-state index is 0.293. The number of nitrogens with zero attached hydrogens (tertiary/aromatic N) is 3. The van der Waals surface area contributed by atoms with E-state index in [0.717, 1.165) is 25.1 Å². The Morgan fingerprint density at radius 1 is 1.00 bits per heavy atom. The van der Waals surface area contributed by atoms with Crippen LogP contribution in [-0.2, 0) is 6.54 Å². The van der Waals surface area contributed by atoms with Crippen LogP contribution >= 0.6 is 0 Å². The van der Waals surface area contributed by atoms with Gasteiger partial charge in [0.2, 0.25) is 17.5 Å². The molecule has 1 atom stereocenters. The summed E-state index contributed by atoms with van der Waals surface area (Å²) in [6.07, 6.45) is 2.20. The summed E-state index contributed by atoms with van der Waals surface area (Å²) in [5.74, 6) is 3.44.